The van der Waals surface area contributed by atoms with Crippen molar-refractivity contribution in [3.8, 4) is 5.75 Å². The topological polar surface area (TPSA) is 67.6 Å². The van der Waals surface area contributed by atoms with Crippen LogP contribution in [0.2, 0.25) is 0 Å². The molecule has 136 valence electrons. The van der Waals surface area contributed by atoms with E-state index in [9.17, 15) is 4.79 Å². The number of benzene rings is 1. The minimum Gasteiger partial charge on any atom is -0.497 e. The zero-order valence-corrected chi connectivity index (χ0v) is 15.0. The number of carbonyl (C=O) groups excluding carboxylic acids is 1. The largest absolute Gasteiger partial charge is 0.497 e. The molecule has 0 spiro atoms. The Kier molecular flexibility index (Phi) is 4.59. The van der Waals surface area contributed by atoms with Gasteiger partial charge in [-0.15, -0.1) is 0 Å². The first-order valence-electron chi connectivity index (χ1n) is 9.58. The Morgan fingerprint density at radius 1 is 1.32 bits per heavy atom. The lowest BCUT2D eigenvalue weighted by molar-refractivity contribution is -0.127. The number of amides is 1. The molecule has 3 aliphatic rings. The van der Waals surface area contributed by atoms with E-state index in [0.29, 0.717) is 17.8 Å². The van der Waals surface area contributed by atoms with Crippen LogP contribution in [0.15, 0.2) is 24.3 Å². The minimum atomic E-state index is 0.0506. The molecular formula is C20H29N3O2. The molecule has 2 saturated carbocycles. The maximum atomic E-state index is 12.6. The van der Waals surface area contributed by atoms with Gasteiger partial charge in [-0.2, -0.15) is 0 Å². The zero-order chi connectivity index (χ0) is 17.4. The summed E-state index contributed by atoms with van der Waals surface area (Å²) >= 11 is 0. The first-order chi connectivity index (χ1) is 12.2. The van der Waals surface area contributed by atoms with Gasteiger partial charge < -0.3 is 20.7 Å². The van der Waals surface area contributed by atoms with Crippen LogP contribution in [-0.4, -0.2) is 38.7 Å². The van der Waals surface area contributed by atoms with Crippen molar-refractivity contribution in [3.63, 3.8) is 0 Å². The Morgan fingerprint density at radius 3 is 2.92 bits per heavy atom. The Bertz CT molecular complexity index is 633. The van der Waals surface area contributed by atoms with E-state index in [2.05, 4.69) is 22.3 Å². The summed E-state index contributed by atoms with van der Waals surface area (Å²) < 4.78 is 5.32. The van der Waals surface area contributed by atoms with E-state index in [-0.39, 0.29) is 17.9 Å². The first-order valence-corrected chi connectivity index (χ1v) is 9.58. The van der Waals surface area contributed by atoms with E-state index in [1.165, 1.54) is 18.5 Å². The third-order valence-electron chi connectivity index (χ3n) is 6.55. The smallest absolute Gasteiger partial charge is 0.224 e. The van der Waals surface area contributed by atoms with Crippen LogP contribution in [0.25, 0.3) is 0 Å². The number of anilines is 1. The summed E-state index contributed by atoms with van der Waals surface area (Å²) in [6.07, 6.45) is 4.67. The highest BCUT2D eigenvalue weighted by atomic mass is 16.5. The van der Waals surface area contributed by atoms with Crippen LogP contribution >= 0.6 is 0 Å². The third-order valence-corrected chi connectivity index (χ3v) is 6.55. The van der Waals surface area contributed by atoms with Crippen molar-refractivity contribution in [3.05, 3.63) is 24.3 Å². The predicted molar refractivity (Wildman–Crippen MR) is 98.6 cm³/mol. The lowest BCUT2D eigenvalue weighted by atomic mass is 9.84. The molecule has 1 heterocycles. The standard InChI is InChI=1S/C20H29N3O2/c1-25-17-4-2-3-16(10-17)23-8-7-13(12-23)11-22-20(24)18-14-5-6-15(9-14)19(18)21/h2-4,10,13-15,18-19H,5-9,11-12,21H2,1H3,(H,22,24). The minimum absolute atomic E-state index is 0.0506. The normalized spacial score (nSPS) is 33.7. The van der Waals surface area contributed by atoms with E-state index in [0.717, 1.165) is 38.2 Å². The van der Waals surface area contributed by atoms with Gasteiger partial charge in [-0.05, 0) is 55.6 Å². The molecule has 1 amide bonds. The Balaban J connectivity index is 1.29. The monoisotopic (exact) mass is 343 g/mol. The Morgan fingerprint density at radius 2 is 2.16 bits per heavy atom. The maximum Gasteiger partial charge on any atom is 0.224 e. The number of nitrogens with two attached hydrogens (primary N) is 1. The van der Waals surface area contributed by atoms with E-state index < -0.39 is 0 Å². The molecule has 0 radical (unpaired) electrons. The molecule has 2 bridgehead atoms. The molecule has 4 rings (SSSR count). The lowest BCUT2D eigenvalue weighted by Crippen LogP contribution is -2.46. The lowest BCUT2D eigenvalue weighted by Gasteiger charge is -2.27. The van der Waals surface area contributed by atoms with Crippen molar-refractivity contribution in [2.24, 2.45) is 29.4 Å². The second kappa shape index (κ2) is 6.87. The molecule has 3 N–H and O–H groups in total. The summed E-state index contributed by atoms with van der Waals surface area (Å²) in [6, 6.07) is 8.28. The number of hydrogen-bond donors (Lipinski definition) is 2. The van der Waals surface area contributed by atoms with Crippen molar-refractivity contribution >= 4 is 11.6 Å². The summed E-state index contributed by atoms with van der Waals surface area (Å²) in [6.45, 7) is 2.78. The number of ether oxygens (including phenoxy) is 1. The number of carbonyl (C=O) groups is 1. The first kappa shape index (κ1) is 16.7. The van der Waals surface area contributed by atoms with Crippen LogP contribution in [0, 0.1) is 23.7 Å². The van der Waals surface area contributed by atoms with Gasteiger partial charge in [-0.3, -0.25) is 4.79 Å². The summed E-state index contributed by atoms with van der Waals surface area (Å²) in [4.78, 5) is 15.0. The molecule has 1 saturated heterocycles. The highest BCUT2D eigenvalue weighted by Gasteiger charge is 2.49. The molecule has 2 aliphatic carbocycles. The van der Waals surface area contributed by atoms with Crippen LogP contribution in [0.5, 0.6) is 5.75 Å². The van der Waals surface area contributed by atoms with Gasteiger partial charge in [0.1, 0.15) is 5.75 Å². The summed E-state index contributed by atoms with van der Waals surface area (Å²) in [5, 5.41) is 3.21. The fourth-order valence-corrected chi connectivity index (χ4v) is 5.13. The van der Waals surface area contributed by atoms with Gasteiger partial charge in [0.15, 0.2) is 0 Å². The molecule has 5 unspecified atom stereocenters. The van der Waals surface area contributed by atoms with Gasteiger partial charge in [0.05, 0.1) is 13.0 Å². The summed E-state index contributed by atoms with van der Waals surface area (Å²) in [5.74, 6) is 2.74. The average molecular weight is 343 g/mol. The van der Waals surface area contributed by atoms with Crippen molar-refractivity contribution in [1.82, 2.24) is 5.32 Å². The van der Waals surface area contributed by atoms with E-state index >= 15 is 0 Å². The second-order valence-electron chi connectivity index (χ2n) is 7.98. The van der Waals surface area contributed by atoms with E-state index in [4.69, 9.17) is 10.5 Å². The molecule has 25 heavy (non-hydrogen) atoms. The zero-order valence-electron chi connectivity index (χ0n) is 15.0. The van der Waals surface area contributed by atoms with Crippen LogP contribution in [0.1, 0.15) is 25.7 Å². The highest BCUT2D eigenvalue weighted by Crippen LogP contribution is 2.47. The van der Waals surface area contributed by atoms with Gasteiger partial charge in [-0.25, -0.2) is 0 Å². The fourth-order valence-electron chi connectivity index (χ4n) is 5.13. The number of hydrogen-bond acceptors (Lipinski definition) is 4. The average Bonchev–Trinajstić information content (AvgIpc) is 3.35. The van der Waals surface area contributed by atoms with Gasteiger partial charge in [0.2, 0.25) is 5.91 Å². The second-order valence-corrected chi connectivity index (χ2v) is 7.98. The van der Waals surface area contributed by atoms with Crippen LogP contribution < -0.4 is 20.7 Å². The van der Waals surface area contributed by atoms with Crippen molar-refractivity contribution in [1.29, 1.82) is 0 Å². The quantitative estimate of drug-likeness (QED) is 0.858. The van der Waals surface area contributed by atoms with Crippen molar-refractivity contribution in [2.45, 2.75) is 31.7 Å². The third kappa shape index (κ3) is 3.22. The van der Waals surface area contributed by atoms with Crippen LogP contribution in [-0.2, 0) is 4.79 Å². The highest BCUT2D eigenvalue weighted by molar-refractivity contribution is 5.80. The number of fused-ring (bicyclic) bond motifs is 2. The van der Waals surface area contributed by atoms with Crippen LogP contribution in [0.3, 0.4) is 0 Å². The van der Waals surface area contributed by atoms with Gasteiger partial charge in [-0.1, -0.05) is 6.07 Å². The van der Waals surface area contributed by atoms with Crippen molar-refractivity contribution in [2.75, 3.05) is 31.6 Å². The SMILES string of the molecule is COc1cccc(N2CCC(CNC(=O)C3C4CCC(C4)C3N)C2)c1. The number of rotatable bonds is 5. The fraction of sp³-hybridized carbons (Fsp3) is 0.650. The number of nitrogens with one attached hydrogen (secondary N) is 1. The molecule has 5 nitrogen and oxygen atoms in total. The van der Waals surface area contributed by atoms with Crippen molar-refractivity contribution < 1.29 is 9.53 Å². The van der Waals surface area contributed by atoms with Gasteiger partial charge in [0, 0.05) is 37.4 Å². The van der Waals surface area contributed by atoms with Gasteiger partial charge >= 0.3 is 0 Å². The summed E-state index contributed by atoms with van der Waals surface area (Å²) in [7, 11) is 1.70. The molecule has 1 aliphatic heterocycles. The number of nitrogens with zero attached hydrogens (tertiary/aromatic N) is 1. The number of methoxy groups -OCH3 is 1. The van der Waals surface area contributed by atoms with E-state index in [1.54, 1.807) is 7.11 Å². The molecule has 1 aromatic carbocycles. The molecular weight excluding hydrogens is 314 g/mol. The molecule has 1 aromatic rings. The predicted octanol–water partition coefficient (Wildman–Crippen LogP) is 2.01. The van der Waals surface area contributed by atoms with Crippen LogP contribution in [0.4, 0.5) is 5.69 Å². The Hall–Kier alpha value is -1.75. The molecule has 5 atom stereocenters. The molecule has 3 fully saturated rings. The Labute approximate surface area is 149 Å². The maximum absolute atomic E-state index is 12.6. The summed E-state index contributed by atoms with van der Waals surface area (Å²) in [5.41, 5.74) is 7.49. The van der Waals surface area contributed by atoms with Gasteiger partial charge in [0.25, 0.3) is 0 Å². The van der Waals surface area contributed by atoms with E-state index in [1.807, 2.05) is 12.1 Å². The molecule has 5 heteroatoms. The molecule has 0 aromatic heterocycles.